The Kier molecular flexibility index (Phi) is 16.8. The van der Waals surface area contributed by atoms with E-state index >= 15 is 0 Å². The van der Waals surface area contributed by atoms with E-state index in [0.29, 0.717) is 35.8 Å². The molecule has 2 N–H and O–H groups in total. The van der Waals surface area contributed by atoms with Crippen molar-refractivity contribution in [3.05, 3.63) is 92.1 Å². The smallest absolute Gasteiger partial charge is 0.154 e. The lowest BCUT2D eigenvalue weighted by Crippen LogP contribution is -2.01. The number of rotatable bonds is 17. The van der Waals surface area contributed by atoms with Crippen molar-refractivity contribution in [1.29, 1.82) is 0 Å². The first-order valence-corrected chi connectivity index (χ1v) is 15.3. The molecule has 1 rings (SSSR count). The maximum Gasteiger partial charge on any atom is 0.154 e. The van der Waals surface area contributed by atoms with Crippen LogP contribution in [0.1, 0.15) is 134 Å². The molecule has 3 nitrogen and oxygen atoms in total. The van der Waals surface area contributed by atoms with Gasteiger partial charge in [0.2, 0.25) is 0 Å². The largest absolute Gasteiger partial charge is 0.507 e. The summed E-state index contributed by atoms with van der Waals surface area (Å²) >= 11 is 0. The summed E-state index contributed by atoms with van der Waals surface area (Å²) in [6, 6.07) is 0. The monoisotopic (exact) mass is 560 g/mol. The summed E-state index contributed by atoms with van der Waals surface area (Å²) < 4.78 is 0. The molecular formula is C38H56O3. The van der Waals surface area contributed by atoms with Crippen LogP contribution in [0.15, 0.2) is 69.9 Å². The Labute approximate surface area is 251 Å². The van der Waals surface area contributed by atoms with E-state index < -0.39 is 0 Å². The minimum Gasteiger partial charge on any atom is -0.507 e. The number of phenols is 2. The van der Waals surface area contributed by atoms with Gasteiger partial charge in [0.25, 0.3) is 0 Å². The average molecular weight is 561 g/mol. The highest BCUT2D eigenvalue weighted by Crippen LogP contribution is 2.38. The molecule has 0 saturated heterocycles. The third-order valence-corrected chi connectivity index (χ3v) is 7.64. The fourth-order valence-corrected chi connectivity index (χ4v) is 4.79. The van der Waals surface area contributed by atoms with Crippen LogP contribution < -0.4 is 0 Å². The van der Waals surface area contributed by atoms with E-state index in [9.17, 15) is 15.0 Å². The molecule has 3 heteroatoms. The van der Waals surface area contributed by atoms with E-state index in [1.165, 1.54) is 33.4 Å². The highest BCUT2D eigenvalue weighted by atomic mass is 16.3. The van der Waals surface area contributed by atoms with Gasteiger partial charge in [-0.15, -0.1) is 0 Å². The molecule has 41 heavy (non-hydrogen) atoms. The lowest BCUT2D eigenvalue weighted by atomic mass is 9.91. The van der Waals surface area contributed by atoms with E-state index in [-0.39, 0.29) is 17.1 Å². The summed E-state index contributed by atoms with van der Waals surface area (Å²) in [4.78, 5) is 11.9. The molecule has 0 aliphatic rings. The Hall–Kier alpha value is -3.07. The Morgan fingerprint density at radius 1 is 0.537 bits per heavy atom. The van der Waals surface area contributed by atoms with Crippen molar-refractivity contribution in [2.24, 2.45) is 0 Å². The molecule has 0 saturated carbocycles. The van der Waals surface area contributed by atoms with Gasteiger partial charge < -0.3 is 10.2 Å². The third kappa shape index (κ3) is 13.9. The van der Waals surface area contributed by atoms with Crippen molar-refractivity contribution in [3.8, 4) is 11.5 Å². The van der Waals surface area contributed by atoms with Crippen LogP contribution in [0.5, 0.6) is 11.5 Å². The Balaban J connectivity index is 2.93. The maximum absolute atomic E-state index is 11.9. The molecule has 0 aliphatic heterocycles. The summed E-state index contributed by atoms with van der Waals surface area (Å²) in [5.74, 6) is -0.00374. The Morgan fingerprint density at radius 2 is 0.902 bits per heavy atom. The van der Waals surface area contributed by atoms with Gasteiger partial charge in [-0.1, -0.05) is 69.9 Å². The van der Waals surface area contributed by atoms with Crippen LogP contribution in [-0.4, -0.2) is 16.5 Å². The number of allylic oxidation sites excluding steroid dienone is 12. The number of hydrogen-bond acceptors (Lipinski definition) is 3. The van der Waals surface area contributed by atoms with Crippen molar-refractivity contribution in [1.82, 2.24) is 0 Å². The van der Waals surface area contributed by atoms with E-state index in [1.54, 1.807) is 6.92 Å². The second-order valence-electron chi connectivity index (χ2n) is 12.1. The molecular weight excluding hydrogens is 504 g/mol. The van der Waals surface area contributed by atoms with Crippen LogP contribution in [-0.2, 0) is 12.8 Å². The fraction of sp³-hybridized carbons (Fsp3) is 0.500. The van der Waals surface area contributed by atoms with Gasteiger partial charge in [0, 0.05) is 11.1 Å². The summed E-state index contributed by atoms with van der Waals surface area (Å²) in [7, 11) is 0. The van der Waals surface area contributed by atoms with Crippen LogP contribution in [0.4, 0.5) is 0 Å². The molecule has 0 aliphatic carbocycles. The standard InChI is InChI=1S/C38H56O3/c1-27(2)14-10-16-29(5)18-12-20-31(7)22-24-34-33(9)36(26-39)38(41)35(37(34)40)25-23-32(8)21-13-19-30(6)17-11-15-28(3)4/h14-15,18-19,22-23,26,40-41H,10-13,16-17,20-21,24-25H2,1-9H3/b29-18+,30-19+,31-22+,32-23+. The SMILES string of the molecule is CC(C)=CCC/C(C)=C/CC/C(C)=C/Cc1c(C)c(C=O)c(O)c(C/C=C(\C)CC/C=C(\C)CCC=C(C)C)c1O. The maximum atomic E-state index is 11.9. The molecule has 1 aromatic carbocycles. The van der Waals surface area contributed by atoms with Crippen LogP contribution in [0, 0.1) is 6.92 Å². The van der Waals surface area contributed by atoms with Crippen LogP contribution in [0.3, 0.4) is 0 Å². The number of aromatic hydroxyl groups is 2. The lowest BCUT2D eigenvalue weighted by molar-refractivity contribution is 0.112. The quantitative estimate of drug-likeness (QED) is 0.147. The number of aldehydes is 1. The number of carbonyl (C=O) groups excluding carboxylic acids is 1. The normalized spacial score (nSPS) is 12.9. The summed E-state index contributed by atoms with van der Waals surface area (Å²) in [5.41, 5.74) is 10.1. The van der Waals surface area contributed by atoms with Crippen LogP contribution in [0.25, 0.3) is 0 Å². The first-order chi connectivity index (χ1) is 19.4. The molecule has 0 fully saturated rings. The van der Waals surface area contributed by atoms with Gasteiger partial charge in [0.1, 0.15) is 11.5 Å². The second-order valence-corrected chi connectivity index (χ2v) is 12.1. The zero-order valence-electron chi connectivity index (χ0n) is 27.4. The number of benzene rings is 1. The summed E-state index contributed by atoms with van der Waals surface area (Å²) in [6.45, 7) is 18.9. The van der Waals surface area contributed by atoms with Gasteiger partial charge in [0.05, 0.1) is 5.56 Å². The van der Waals surface area contributed by atoms with Gasteiger partial charge in [0.15, 0.2) is 6.29 Å². The second kappa shape index (κ2) is 19.1. The van der Waals surface area contributed by atoms with E-state index in [0.717, 1.165) is 51.4 Å². The fourth-order valence-electron chi connectivity index (χ4n) is 4.79. The molecule has 226 valence electrons. The van der Waals surface area contributed by atoms with Crippen molar-refractivity contribution in [2.75, 3.05) is 0 Å². The van der Waals surface area contributed by atoms with Crippen molar-refractivity contribution in [2.45, 2.75) is 127 Å². The molecule has 0 radical (unpaired) electrons. The van der Waals surface area contributed by atoms with Gasteiger partial charge >= 0.3 is 0 Å². The average Bonchev–Trinajstić information content (AvgIpc) is 2.88. The summed E-state index contributed by atoms with van der Waals surface area (Å²) in [6.07, 6.45) is 23.2. The van der Waals surface area contributed by atoms with Gasteiger partial charge in [-0.2, -0.15) is 0 Å². The molecule has 0 heterocycles. The molecule has 0 spiro atoms. The molecule has 0 aromatic heterocycles. The third-order valence-electron chi connectivity index (χ3n) is 7.64. The number of phenolic OH excluding ortho intramolecular Hbond substituents is 2. The number of hydrogen-bond donors (Lipinski definition) is 2. The summed E-state index contributed by atoms with van der Waals surface area (Å²) in [5, 5.41) is 22.0. The molecule has 0 bridgehead atoms. The molecule has 0 unspecified atom stereocenters. The lowest BCUT2D eigenvalue weighted by Gasteiger charge is -2.16. The minimum absolute atomic E-state index is 0.101. The van der Waals surface area contributed by atoms with Crippen molar-refractivity contribution >= 4 is 6.29 Å². The highest BCUT2D eigenvalue weighted by molar-refractivity contribution is 5.84. The van der Waals surface area contributed by atoms with E-state index in [1.807, 2.05) is 0 Å². The van der Waals surface area contributed by atoms with Crippen LogP contribution in [0.2, 0.25) is 0 Å². The zero-order chi connectivity index (χ0) is 30.9. The van der Waals surface area contributed by atoms with Crippen molar-refractivity contribution in [3.63, 3.8) is 0 Å². The van der Waals surface area contributed by atoms with E-state index in [2.05, 4.69) is 91.8 Å². The predicted octanol–water partition coefficient (Wildman–Crippen LogP) is 11.1. The van der Waals surface area contributed by atoms with E-state index in [4.69, 9.17) is 0 Å². The zero-order valence-corrected chi connectivity index (χ0v) is 27.4. The first kappa shape index (κ1) is 36.0. The van der Waals surface area contributed by atoms with Crippen LogP contribution >= 0.6 is 0 Å². The van der Waals surface area contributed by atoms with Gasteiger partial charge in [-0.25, -0.2) is 0 Å². The predicted molar refractivity (Wildman–Crippen MR) is 178 cm³/mol. The minimum atomic E-state index is -0.104. The topological polar surface area (TPSA) is 57.5 Å². The highest BCUT2D eigenvalue weighted by Gasteiger charge is 2.20. The Bertz CT molecular complexity index is 1100. The van der Waals surface area contributed by atoms with Gasteiger partial charge in [-0.3, -0.25) is 4.79 Å². The molecule has 0 amide bonds. The number of carbonyl (C=O) groups is 1. The first-order valence-electron chi connectivity index (χ1n) is 15.3. The van der Waals surface area contributed by atoms with Crippen molar-refractivity contribution < 1.29 is 15.0 Å². The molecule has 1 aromatic rings. The molecule has 0 atom stereocenters. The Morgan fingerprint density at radius 3 is 1.29 bits per heavy atom. The van der Waals surface area contributed by atoms with Gasteiger partial charge in [-0.05, 0) is 132 Å².